The molecule has 3 fully saturated rings. The van der Waals surface area contributed by atoms with Crippen molar-refractivity contribution in [3.05, 3.63) is 113 Å². The van der Waals surface area contributed by atoms with Crippen LogP contribution < -0.4 is 4.90 Å². The molecule has 8 rings (SSSR count). The highest BCUT2D eigenvalue weighted by molar-refractivity contribution is 6.09. The topological polar surface area (TPSA) is 212 Å². The van der Waals surface area contributed by atoms with Gasteiger partial charge in [0.1, 0.15) is 23.9 Å². The molecule has 63 heavy (non-hydrogen) atoms. The van der Waals surface area contributed by atoms with Crippen molar-refractivity contribution in [2.45, 2.75) is 115 Å². The Labute approximate surface area is 363 Å². The van der Waals surface area contributed by atoms with Gasteiger partial charge in [-0.25, -0.2) is 9.59 Å². The van der Waals surface area contributed by atoms with E-state index < -0.39 is 107 Å². The molecule has 0 aromatic heterocycles. The summed E-state index contributed by atoms with van der Waals surface area (Å²) in [5.74, 6) is -7.02. The number of aliphatic hydroxyl groups excluding tert-OH is 2. The van der Waals surface area contributed by atoms with Crippen molar-refractivity contribution in [3.8, 4) is 0 Å². The third-order valence-corrected chi connectivity index (χ3v) is 14.2. The maximum Gasteiger partial charge on any atom is 0.357 e. The number of para-hydroxylation sites is 1. The van der Waals surface area contributed by atoms with E-state index in [9.17, 15) is 39.3 Å². The summed E-state index contributed by atoms with van der Waals surface area (Å²) in [4.78, 5) is 87.1. The number of Topliss-reactive ketones (excluding diaryl/α,β-unsaturated/α-hetero) is 1. The largest absolute Gasteiger partial charge is 0.455 e. The normalized spacial score (nSPS) is 33.9. The number of nitrogens with zero attached hydrogens (tertiary/aromatic N) is 1. The molecule has 15 heteroatoms. The van der Waals surface area contributed by atoms with Crippen molar-refractivity contribution in [2.24, 2.45) is 16.7 Å². The number of esters is 4. The number of ether oxygens (including phenoxy) is 5. The Kier molecular flexibility index (Phi) is 11.2. The predicted octanol–water partition coefficient (Wildman–Crippen LogP) is 4.19. The summed E-state index contributed by atoms with van der Waals surface area (Å²) in [6.45, 7) is 6.87. The Balaban J connectivity index is 1.38. The molecule has 3 aromatic rings. The van der Waals surface area contributed by atoms with Crippen molar-refractivity contribution in [2.75, 3.05) is 11.5 Å². The first-order chi connectivity index (χ1) is 29.9. The number of hydrogen-bond donors (Lipinski definition) is 3. The Morgan fingerprint density at radius 1 is 0.841 bits per heavy atom. The van der Waals surface area contributed by atoms with Gasteiger partial charge in [0.05, 0.1) is 35.3 Å². The van der Waals surface area contributed by atoms with Crippen molar-refractivity contribution >= 4 is 41.3 Å². The summed E-state index contributed by atoms with van der Waals surface area (Å²) in [6, 6.07) is 22.5. The number of anilines is 1. The highest BCUT2D eigenvalue weighted by Crippen LogP contribution is 2.64. The molecule has 5 aliphatic rings. The molecule has 3 N–H and O–H groups in total. The lowest BCUT2D eigenvalue weighted by molar-refractivity contribution is -0.346. The number of aryl methyl sites for hydroxylation is 1. The molecule has 1 saturated heterocycles. The number of fused-ring (bicyclic) bond motifs is 3. The van der Waals surface area contributed by atoms with E-state index in [-0.39, 0.29) is 60.3 Å². The Hall–Kier alpha value is -5.74. The fourth-order valence-electron chi connectivity index (χ4n) is 10.8. The zero-order valence-corrected chi connectivity index (χ0v) is 35.6. The second-order valence-corrected chi connectivity index (χ2v) is 18.0. The lowest BCUT2D eigenvalue weighted by Crippen LogP contribution is -2.82. The molecular formula is C48H51NO14. The smallest absolute Gasteiger partial charge is 0.357 e. The first kappa shape index (κ1) is 43.9. The highest BCUT2D eigenvalue weighted by atomic mass is 16.6. The van der Waals surface area contributed by atoms with E-state index in [4.69, 9.17) is 23.7 Å². The van der Waals surface area contributed by atoms with Gasteiger partial charge in [-0.15, -0.1) is 0 Å². The van der Waals surface area contributed by atoms with Crippen LogP contribution in [0, 0.1) is 16.7 Å². The van der Waals surface area contributed by atoms with Crippen molar-refractivity contribution in [1.29, 1.82) is 0 Å². The number of rotatable bonds is 4. The maximum atomic E-state index is 15.6. The fourth-order valence-corrected chi connectivity index (χ4v) is 10.8. The van der Waals surface area contributed by atoms with E-state index >= 15 is 4.79 Å². The Bertz CT molecular complexity index is 2380. The average Bonchev–Trinajstić information content (AvgIpc) is 3.25. The highest BCUT2D eigenvalue weighted by Gasteiger charge is 2.78. The van der Waals surface area contributed by atoms with Gasteiger partial charge in [0.2, 0.25) is 6.23 Å². The van der Waals surface area contributed by atoms with Crippen LogP contribution in [0.3, 0.4) is 0 Å². The minimum Gasteiger partial charge on any atom is -0.455 e. The molecule has 10 atom stereocenters. The van der Waals surface area contributed by atoms with Gasteiger partial charge in [0, 0.05) is 37.2 Å². The number of hydrogen-bond acceptors (Lipinski definition) is 14. The standard InChI is InChI=1S/C48H51NO14/c1-26-32-24-48(58)40(62-43(56)30-18-10-7-11-19-30)38-46(5,39(53)37(60-27(2)50)36(26)45(48,3)4)33(51)23-34-47(38,25-59-34)63-35(52)22-14-20-28-15-12-13-21-31(28)49(42(55)44(57)61-32)41(54)29-16-8-6-9-17-29/h6-13,15-19,21,32-34,37-38,40,42,51,55,58H,14,20,22-25H2,1-5H3/t32-,33-,34+,37+,38-,40-,42+,46+,47-,48+/m0/s1. The summed E-state index contributed by atoms with van der Waals surface area (Å²) >= 11 is 0. The van der Waals surface area contributed by atoms with E-state index in [1.807, 2.05) is 0 Å². The van der Waals surface area contributed by atoms with Crippen LogP contribution in [-0.4, -0.2) is 105 Å². The first-order valence-corrected chi connectivity index (χ1v) is 21.1. The third kappa shape index (κ3) is 6.96. The lowest BCUT2D eigenvalue weighted by Gasteiger charge is -2.67. The molecule has 2 aliphatic heterocycles. The van der Waals surface area contributed by atoms with Crippen LogP contribution >= 0.6 is 0 Å². The van der Waals surface area contributed by atoms with E-state index in [1.54, 1.807) is 74.5 Å². The number of ketones is 1. The van der Waals surface area contributed by atoms with Gasteiger partial charge in [0.15, 0.2) is 17.5 Å². The van der Waals surface area contributed by atoms with E-state index in [0.29, 0.717) is 5.56 Å². The van der Waals surface area contributed by atoms with Crippen LogP contribution in [0.2, 0.25) is 0 Å². The molecule has 332 valence electrons. The predicted molar refractivity (Wildman–Crippen MR) is 222 cm³/mol. The zero-order chi connectivity index (χ0) is 45.2. The molecule has 2 heterocycles. The summed E-state index contributed by atoms with van der Waals surface area (Å²) in [5, 5.41) is 38.0. The van der Waals surface area contributed by atoms with Gasteiger partial charge < -0.3 is 39.0 Å². The Morgan fingerprint density at radius 2 is 1.48 bits per heavy atom. The molecule has 1 spiro atoms. The van der Waals surface area contributed by atoms with Gasteiger partial charge >= 0.3 is 23.9 Å². The van der Waals surface area contributed by atoms with Gasteiger partial charge in [-0.2, -0.15) is 0 Å². The van der Waals surface area contributed by atoms with Gasteiger partial charge in [-0.3, -0.25) is 24.1 Å². The van der Waals surface area contributed by atoms with Crippen molar-refractivity contribution < 1.29 is 67.8 Å². The van der Waals surface area contributed by atoms with Gasteiger partial charge in [-0.1, -0.05) is 68.4 Å². The van der Waals surface area contributed by atoms with Crippen LogP contribution in [0.5, 0.6) is 0 Å². The van der Waals surface area contributed by atoms with Crippen LogP contribution in [0.25, 0.3) is 0 Å². The number of amides is 1. The average molecular weight is 866 g/mol. The van der Waals surface area contributed by atoms with Crippen molar-refractivity contribution in [3.63, 3.8) is 0 Å². The van der Waals surface area contributed by atoms with Crippen LogP contribution in [-0.2, 0) is 49.3 Å². The molecule has 1 amide bonds. The second kappa shape index (κ2) is 16.1. The summed E-state index contributed by atoms with van der Waals surface area (Å²) < 4.78 is 31.0. The number of carbonyl (C=O) groups is 6. The van der Waals surface area contributed by atoms with Gasteiger partial charge in [0.25, 0.3) is 5.91 Å². The Morgan fingerprint density at radius 3 is 2.11 bits per heavy atom. The molecule has 3 aromatic carbocycles. The van der Waals surface area contributed by atoms with Crippen LogP contribution in [0.4, 0.5) is 5.69 Å². The number of aliphatic hydroxyl groups is 3. The molecule has 3 aliphatic carbocycles. The SMILES string of the molecule is CC(=O)O[C@H]1C(=O)[C@@]2(C)[C@@H]3[C@H](OC(=O)c4ccccc4)[C@]4(O)C[C@H](OC(=O)[C@@H](O)N(C(=O)c5ccccc5)c5ccccc5CCCC(=O)O[C@]35CO[C@@H]5C[C@@H]2O)C(C)=C1C4(C)C. The number of benzene rings is 3. The zero-order valence-electron chi connectivity index (χ0n) is 35.6. The van der Waals surface area contributed by atoms with Crippen molar-refractivity contribution in [1.82, 2.24) is 0 Å². The quantitative estimate of drug-likeness (QED) is 0.191. The second-order valence-electron chi connectivity index (χ2n) is 18.0. The molecule has 4 bridgehead atoms. The van der Waals surface area contributed by atoms with Crippen LogP contribution in [0.1, 0.15) is 86.6 Å². The van der Waals surface area contributed by atoms with E-state index in [1.165, 1.54) is 38.1 Å². The maximum absolute atomic E-state index is 15.6. The molecular weight excluding hydrogens is 815 g/mol. The fraction of sp³-hybridized carbons (Fsp3) is 0.458. The van der Waals surface area contributed by atoms with Crippen LogP contribution in [0.15, 0.2) is 96.1 Å². The molecule has 0 radical (unpaired) electrons. The minimum atomic E-state index is -2.40. The summed E-state index contributed by atoms with van der Waals surface area (Å²) in [7, 11) is 0. The van der Waals surface area contributed by atoms with Gasteiger partial charge in [-0.05, 0) is 73.7 Å². The summed E-state index contributed by atoms with van der Waals surface area (Å²) in [6.07, 6.45) is -10.7. The molecule has 15 nitrogen and oxygen atoms in total. The summed E-state index contributed by atoms with van der Waals surface area (Å²) in [5.41, 5.74) is -6.89. The third-order valence-electron chi connectivity index (χ3n) is 14.2. The first-order valence-electron chi connectivity index (χ1n) is 21.1. The molecule has 2 saturated carbocycles. The minimum absolute atomic E-state index is 0.00474. The van der Waals surface area contributed by atoms with E-state index in [0.717, 1.165) is 11.8 Å². The number of carbonyl (C=O) groups excluding carboxylic acids is 6. The molecule has 0 unspecified atom stereocenters. The van der Waals surface area contributed by atoms with E-state index in [2.05, 4.69) is 0 Å². The lowest BCUT2D eigenvalue weighted by atomic mass is 9.44. The monoisotopic (exact) mass is 865 g/mol.